The minimum Gasteiger partial charge on any atom is -0.398 e. The molecule has 0 fully saturated rings. The van der Waals surface area contributed by atoms with E-state index in [9.17, 15) is 0 Å². The highest BCUT2D eigenvalue weighted by molar-refractivity contribution is 5.60. The molecule has 0 atom stereocenters. The van der Waals surface area contributed by atoms with Gasteiger partial charge in [0.15, 0.2) is 0 Å². The number of benzene rings is 1. The summed E-state index contributed by atoms with van der Waals surface area (Å²) in [5.41, 5.74) is 11.6. The summed E-state index contributed by atoms with van der Waals surface area (Å²) in [6.07, 6.45) is 0. The number of anilines is 1. The summed E-state index contributed by atoms with van der Waals surface area (Å²) in [6.45, 7) is 17.9. The average molecular weight is 247 g/mol. The number of nitrogen functional groups attached to an aromatic ring is 1. The Labute approximate surface area is 113 Å². The van der Waals surface area contributed by atoms with Gasteiger partial charge in [0.1, 0.15) is 0 Å². The minimum absolute atomic E-state index is 0.0922. The number of hydrogen-bond donors (Lipinski definition) is 1. The summed E-state index contributed by atoms with van der Waals surface area (Å²) < 4.78 is 0. The molecule has 0 unspecified atom stereocenters. The lowest BCUT2D eigenvalue weighted by atomic mass is 9.77. The van der Waals surface area contributed by atoms with Crippen LogP contribution in [0.1, 0.15) is 78.0 Å². The Kier molecular flexibility index (Phi) is 3.86. The largest absolute Gasteiger partial charge is 0.398 e. The maximum absolute atomic E-state index is 6.38. The molecule has 0 aliphatic carbocycles. The van der Waals surface area contributed by atoms with E-state index in [0.717, 1.165) is 5.69 Å². The van der Waals surface area contributed by atoms with Crippen molar-refractivity contribution in [2.24, 2.45) is 0 Å². The van der Waals surface area contributed by atoms with Crippen molar-refractivity contribution in [1.82, 2.24) is 0 Å². The van der Waals surface area contributed by atoms with Crippen molar-refractivity contribution in [1.29, 1.82) is 0 Å². The topological polar surface area (TPSA) is 26.0 Å². The van der Waals surface area contributed by atoms with Gasteiger partial charge in [0.05, 0.1) is 0 Å². The van der Waals surface area contributed by atoms with Gasteiger partial charge in [-0.1, -0.05) is 67.5 Å². The van der Waals surface area contributed by atoms with Crippen LogP contribution in [0.5, 0.6) is 0 Å². The zero-order chi connectivity index (χ0) is 14.3. The fourth-order valence-corrected chi connectivity index (χ4v) is 2.21. The molecule has 2 N–H and O–H groups in total. The average Bonchev–Trinajstić information content (AvgIpc) is 2.13. The zero-order valence-corrected chi connectivity index (χ0v) is 13.3. The summed E-state index contributed by atoms with van der Waals surface area (Å²) >= 11 is 0. The van der Waals surface area contributed by atoms with Crippen LogP contribution in [-0.2, 0) is 10.8 Å². The molecule has 0 aromatic heterocycles. The van der Waals surface area contributed by atoms with E-state index in [1.807, 2.05) is 0 Å². The summed E-state index contributed by atoms with van der Waals surface area (Å²) in [5, 5.41) is 0. The Morgan fingerprint density at radius 3 is 1.72 bits per heavy atom. The van der Waals surface area contributed by atoms with E-state index in [-0.39, 0.29) is 10.8 Å². The molecule has 1 rings (SSSR count). The molecule has 0 saturated heterocycles. The second kappa shape index (κ2) is 4.60. The van der Waals surface area contributed by atoms with Gasteiger partial charge in [-0.2, -0.15) is 0 Å². The Bertz CT molecular complexity index is 428. The summed E-state index contributed by atoms with van der Waals surface area (Å²) in [7, 11) is 0. The second-order valence-electron chi connectivity index (χ2n) is 7.68. The van der Waals surface area contributed by atoms with Crippen molar-refractivity contribution in [3.05, 3.63) is 28.8 Å². The van der Waals surface area contributed by atoms with Crippen molar-refractivity contribution in [3.63, 3.8) is 0 Å². The molecule has 102 valence electrons. The smallest absolute Gasteiger partial charge is 0.0387 e. The highest BCUT2D eigenvalue weighted by Crippen LogP contribution is 2.37. The van der Waals surface area contributed by atoms with Crippen molar-refractivity contribution in [2.45, 2.75) is 72.1 Å². The van der Waals surface area contributed by atoms with Crippen LogP contribution < -0.4 is 5.73 Å². The van der Waals surface area contributed by atoms with Crippen LogP contribution in [0.25, 0.3) is 0 Å². The molecule has 1 aromatic carbocycles. The predicted octanol–water partition coefficient (Wildman–Crippen LogP) is 4.99. The Morgan fingerprint density at radius 2 is 1.39 bits per heavy atom. The first kappa shape index (κ1) is 15.1. The lowest BCUT2D eigenvalue weighted by Crippen LogP contribution is -2.20. The summed E-state index contributed by atoms with van der Waals surface area (Å²) in [4.78, 5) is 0. The quantitative estimate of drug-likeness (QED) is 0.695. The molecule has 0 saturated carbocycles. The third kappa shape index (κ3) is 3.07. The first-order valence-corrected chi connectivity index (χ1v) is 6.89. The van der Waals surface area contributed by atoms with E-state index in [1.54, 1.807) is 0 Å². The van der Waals surface area contributed by atoms with Crippen LogP contribution in [-0.4, -0.2) is 0 Å². The first-order valence-electron chi connectivity index (χ1n) is 6.89. The Morgan fingerprint density at radius 1 is 0.889 bits per heavy atom. The first-order chi connectivity index (χ1) is 7.94. The van der Waals surface area contributed by atoms with Crippen LogP contribution in [0.2, 0.25) is 0 Å². The molecule has 0 radical (unpaired) electrons. The molecular formula is C17H29N. The van der Waals surface area contributed by atoms with Crippen LogP contribution in [0, 0.1) is 0 Å². The maximum Gasteiger partial charge on any atom is 0.0387 e. The summed E-state index contributed by atoms with van der Waals surface area (Å²) in [6, 6.07) is 4.58. The van der Waals surface area contributed by atoms with E-state index in [2.05, 4.69) is 67.5 Å². The Balaban J connectivity index is 3.58. The van der Waals surface area contributed by atoms with E-state index in [4.69, 9.17) is 5.73 Å². The van der Waals surface area contributed by atoms with Gasteiger partial charge in [-0.3, -0.25) is 0 Å². The molecule has 0 aliphatic heterocycles. The van der Waals surface area contributed by atoms with E-state index >= 15 is 0 Å². The van der Waals surface area contributed by atoms with Gasteiger partial charge < -0.3 is 5.73 Å². The van der Waals surface area contributed by atoms with Gasteiger partial charge >= 0.3 is 0 Å². The van der Waals surface area contributed by atoms with Crippen molar-refractivity contribution >= 4 is 5.69 Å². The molecular weight excluding hydrogens is 218 g/mol. The van der Waals surface area contributed by atoms with Gasteiger partial charge in [0, 0.05) is 5.69 Å². The highest BCUT2D eigenvalue weighted by Gasteiger charge is 2.24. The fourth-order valence-electron chi connectivity index (χ4n) is 2.21. The third-order valence-corrected chi connectivity index (χ3v) is 3.51. The molecule has 18 heavy (non-hydrogen) atoms. The summed E-state index contributed by atoms with van der Waals surface area (Å²) in [5.74, 6) is 0.466. The van der Waals surface area contributed by atoms with Crippen molar-refractivity contribution < 1.29 is 0 Å². The van der Waals surface area contributed by atoms with Gasteiger partial charge in [0.2, 0.25) is 0 Å². The third-order valence-electron chi connectivity index (χ3n) is 3.51. The second-order valence-corrected chi connectivity index (χ2v) is 7.68. The predicted molar refractivity (Wildman–Crippen MR) is 82.3 cm³/mol. The van der Waals surface area contributed by atoms with Gasteiger partial charge in [-0.15, -0.1) is 0 Å². The van der Waals surface area contributed by atoms with Crippen LogP contribution in [0.15, 0.2) is 12.1 Å². The molecule has 0 bridgehead atoms. The van der Waals surface area contributed by atoms with Gasteiger partial charge in [0.25, 0.3) is 0 Å². The molecule has 1 nitrogen and oxygen atoms in total. The van der Waals surface area contributed by atoms with Crippen LogP contribution in [0.3, 0.4) is 0 Å². The molecule has 1 aromatic rings. The molecule has 0 aliphatic rings. The van der Waals surface area contributed by atoms with Gasteiger partial charge in [-0.05, 0) is 33.4 Å². The van der Waals surface area contributed by atoms with Crippen LogP contribution in [0.4, 0.5) is 5.69 Å². The normalized spacial score (nSPS) is 13.2. The maximum atomic E-state index is 6.38. The number of rotatable bonds is 1. The fraction of sp³-hybridized carbons (Fsp3) is 0.647. The molecule has 0 amide bonds. The standard InChI is InChI=1S/C17H29N/c1-11(2)13-9-12(16(3,4)5)10-14(15(13)18)17(6,7)8/h9-11H,18H2,1-8H3. The Hall–Kier alpha value is -0.980. The monoisotopic (exact) mass is 247 g/mol. The van der Waals surface area contributed by atoms with E-state index in [1.165, 1.54) is 16.7 Å². The van der Waals surface area contributed by atoms with E-state index in [0.29, 0.717) is 5.92 Å². The molecule has 1 heteroatoms. The number of hydrogen-bond acceptors (Lipinski definition) is 1. The van der Waals surface area contributed by atoms with Crippen molar-refractivity contribution in [3.8, 4) is 0 Å². The minimum atomic E-state index is 0.0922. The lowest BCUT2D eigenvalue weighted by molar-refractivity contribution is 0.567. The van der Waals surface area contributed by atoms with Crippen LogP contribution >= 0.6 is 0 Å². The van der Waals surface area contributed by atoms with Gasteiger partial charge in [-0.25, -0.2) is 0 Å². The highest BCUT2D eigenvalue weighted by atomic mass is 14.6. The SMILES string of the molecule is CC(C)c1cc(C(C)(C)C)cc(C(C)(C)C)c1N. The van der Waals surface area contributed by atoms with E-state index < -0.39 is 0 Å². The number of nitrogens with two attached hydrogens (primary N) is 1. The lowest BCUT2D eigenvalue weighted by Gasteiger charge is -2.29. The molecule has 0 heterocycles. The van der Waals surface area contributed by atoms with Crippen molar-refractivity contribution in [2.75, 3.05) is 5.73 Å². The molecule has 0 spiro atoms. The zero-order valence-electron chi connectivity index (χ0n) is 13.3.